The minimum Gasteiger partial charge on any atom is -0.366 e. The first kappa shape index (κ1) is 16.4. The maximum Gasteiger partial charge on any atom is 0.318 e. The van der Waals surface area contributed by atoms with Gasteiger partial charge in [0.25, 0.3) is 0 Å². The summed E-state index contributed by atoms with van der Waals surface area (Å²) in [5.74, 6) is 0.770. The number of carbonyl (C=O) groups is 1. The van der Waals surface area contributed by atoms with E-state index in [4.69, 9.17) is 4.74 Å². The van der Waals surface area contributed by atoms with Gasteiger partial charge < -0.3 is 19.5 Å². The second-order valence-electron chi connectivity index (χ2n) is 5.86. The third-order valence-corrected chi connectivity index (χ3v) is 4.27. The molecule has 2 heterocycles. The Kier molecular flexibility index (Phi) is 5.10. The van der Waals surface area contributed by atoms with Crippen molar-refractivity contribution in [2.75, 3.05) is 19.7 Å². The SMILES string of the molecule is CCn1cnnc1C1CN(C(=O)N[C@H](C)c2ccccc2)CCO1. The number of carbonyl (C=O) groups excluding carboxylic acids is 1. The highest BCUT2D eigenvalue weighted by atomic mass is 16.5. The molecule has 3 rings (SSSR count). The molecule has 1 aliphatic heterocycles. The highest BCUT2D eigenvalue weighted by molar-refractivity contribution is 5.74. The maximum absolute atomic E-state index is 12.6. The van der Waals surface area contributed by atoms with Crippen LogP contribution in [0.2, 0.25) is 0 Å². The molecular formula is C17H23N5O2. The van der Waals surface area contributed by atoms with E-state index in [1.54, 1.807) is 11.2 Å². The predicted molar refractivity (Wildman–Crippen MR) is 89.4 cm³/mol. The summed E-state index contributed by atoms with van der Waals surface area (Å²) in [7, 11) is 0. The van der Waals surface area contributed by atoms with E-state index in [-0.39, 0.29) is 18.2 Å². The molecule has 1 aromatic heterocycles. The van der Waals surface area contributed by atoms with Crippen LogP contribution < -0.4 is 5.32 Å². The average Bonchev–Trinajstić information content (AvgIpc) is 3.11. The molecule has 0 radical (unpaired) electrons. The fourth-order valence-electron chi connectivity index (χ4n) is 2.85. The van der Waals surface area contributed by atoms with E-state index < -0.39 is 0 Å². The molecule has 2 atom stereocenters. The Balaban J connectivity index is 1.63. The van der Waals surface area contributed by atoms with E-state index >= 15 is 0 Å². The molecule has 1 aliphatic rings. The average molecular weight is 329 g/mol. The van der Waals surface area contributed by atoms with E-state index in [2.05, 4.69) is 15.5 Å². The molecule has 0 spiro atoms. The van der Waals surface area contributed by atoms with Crippen LogP contribution in [0.4, 0.5) is 4.79 Å². The van der Waals surface area contributed by atoms with E-state index in [0.717, 1.165) is 17.9 Å². The summed E-state index contributed by atoms with van der Waals surface area (Å²) >= 11 is 0. The third kappa shape index (κ3) is 3.56. The van der Waals surface area contributed by atoms with Crippen LogP contribution in [0.5, 0.6) is 0 Å². The Morgan fingerprint density at radius 3 is 2.96 bits per heavy atom. The minimum atomic E-state index is -0.237. The highest BCUT2D eigenvalue weighted by Gasteiger charge is 2.29. The van der Waals surface area contributed by atoms with Crippen molar-refractivity contribution in [2.45, 2.75) is 32.5 Å². The number of amides is 2. The molecule has 24 heavy (non-hydrogen) atoms. The second kappa shape index (κ2) is 7.44. The van der Waals surface area contributed by atoms with Crippen molar-refractivity contribution >= 4 is 6.03 Å². The molecule has 2 aromatic rings. The van der Waals surface area contributed by atoms with Crippen molar-refractivity contribution in [3.63, 3.8) is 0 Å². The summed E-state index contributed by atoms with van der Waals surface area (Å²) < 4.78 is 7.73. The third-order valence-electron chi connectivity index (χ3n) is 4.27. The van der Waals surface area contributed by atoms with Gasteiger partial charge in [-0.15, -0.1) is 10.2 Å². The number of hydrogen-bond acceptors (Lipinski definition) is 4. The van der Waals surface area contributed by atoms with E-state index in [9.17, 15) is 4.79 Å². The largest absolute Gasteiger partial charge is 0.366 e. The first-order valence-corrected chi connectivity index (χ1v) is 8.28. The molecule has 0 bridgehead atoms. The molecule has 7 nitrogen and oxygen atoms in total. The fraction of sp³-hybridized carbons (Fsp3) is 0.471. The Morgan fingerprint density at radius 1 is 1.42 bits per heavy atom. The molecular weight excluding hydrogens is 306 g/mol. The lowest BCUT2D eigenvalue weighted by atomic mass is 10.1. The van der Waals surface area contributed by atoms with Crippen LogP contribution in [0, 0.1) is 0 Å². The summed E-state index contributed by atoms with van der Waals surface area (Å²) in [6.45, 7) is 6.34. The summed E-state index contributed by atoms with van der Waals surface area (Å²) in [5, 5.41) is 11.1. The van der Waals surface area contributed by atoms with Gasteiger partial charge in [-0.2, -0.15) is 0 Å². The number of nitrogens with one attached hydrogen (secondary N) is 1. The molecule has 1 saturated heterocycles. The van der Waals surface area contributed by atoms with Crippen LogP contribution in [0.25, 0.3) is 0 Å². The van der Waals surface area contributed by atoms with Gasteiger partial charge in [-0.25, -0.2) is 4.79 Å². The number of morpholine rings is 1. The number of ether oxygens (including phenoxy) is 1. The Morgan fingerprint density at radius 2 is 2.21 bits per heavy atom. The number of nitrogens with zero attached hydrogens (tertiary/aromatic N) is 4. The maximum atomic E-state index is 12.6. The lowest BCUT2D eigenvalue weighted by Gasteiger charge is -2.33. The van der Waals surface area contributed by atoms with Gasteiger partial charge in [0.05, 0.1) is 19.2 Å². The van der Waals surface area contributed by atoms with Crippen LogP contribution in [0.1, 0.15) is 37.4 Å². The zero-order valence-electron chi connectivity index (χ0n) is 14.1. The van der Waals surface area contributed by atoms with Gasteiger partial charge >= 0.3 is 6.03 Å². The molecule has 0 saturated carbocycles. The molecule has 1 N–H and O–H groups in total. The zero-order valence-corrected chi connectivity index (χ0v) is 14.1. The van der Waals surface area contributed by atoms with Crippen LogP contribution in [0.3, 0.4) is 0 Å². The smallest absolute Gasteiger partial charge is 0.318 e. The van der Waals surface area contributed by atoms with Gasteiger partial charge in [0.1, 0.15) is 12.4 Å². The van der Waals surface area contributed by atoms with Gasteiger partial charge in [-0.3, -0.25) is 0 Å². The molecule has 1 unspecified atom stereocenters. The fourth-order valence-corrected chi connectivity index (χ4v) is 2.85. The van der Waals surface area contributed by atoms with E-state index in [1.165, 1.54) is 0 Å². The zero-order chi connectivity index (χ0) is 16.9. The standard InChI is InChI=1S/C17H23N5O2/c1-3-21-12-18-20-16(21)15-11-22(9-10-24-15)17(23)19-13(2)14-7-5-4-6-8-14/h4-8,12-13,15H,3,9-11H2,1-2H3,(H,19,23)/t13-,15?/m1/s1. The highest BCUT2D eigenvalue weighted by Crippen LogP contribution is 2.21. The predicted octanol–water partition coefficient (Wildman–Crippen LogP) is 2.14. The second-order valence-corrected chi connectivity index (χ2v) is 5.86. The minimum absolute atomic E-state index is 0.0423. The van der Waals surface area contributed by atoms with Gasteiger partial charge in [-0.05, 0) is 19.4 Å². The first-order valence-electron chi connectivity index (χ1n) is 8.28. The van der Waals surface area contributed by atoms with Gasteiger partial charge in [0, 0.05) is 13.1 Å². The molecule has 7 heteroatoms. The van der Waals surface area contributed by atoms with Crippen molar-refractivity contribution in [3.8, 4) is 0 Å². The van der Waals surface area contributed by atoms with Crippen molar-refractivity contribution in [2.24, 2.45) is 0 Å². The molecule has 1 aromatic carbocycles. The van der Waals surface area contributed by atoms with Crippen molar-refractivity contribution in [3.05, 3.63) is 48.0 Å². The Labute approximate surface area is 141 Å². The van der Waals surface area contributed by atoms with Crippen LogP contribution in [0.15, 0.2) is 36.7 Å². The number of urea groups is 1. The van der Waals surface area contributed by atoms with E-state index in [0.29, 0.717) is 19.7 Å². The summed E-state index contributed by atoms with van der Waals surface area (Å²) in [5.41, 5.74) is 1.08. The monoisotopic (exact) mass is 329 g/mol. The van der Waals surface area contributed by atoms with Gasteiger partial charge in [0.15, 0.2) is 5.82 Å². The number of benzene rings is 1. The van der Waals surface area contributed by atoms with Crippen LogP contribution in [-0.2, 0) is 11.3 Å². The van der Waals surface area contributed by atoms with Crippen molar-refractivity contribution in [1.82, 2.24) is 25.0 Å². The van der Waals surface area contributed by atoms with Gasteiger partial charge in [-0.1, -0.05) is 30.3 Å². The Bertz CT molecular complexity index is 673. The Hall–Kier alpha value is -2.41. The first-order chi connectivity index (χ1) is 11.7. The number of rotatable bonds is 4. The number of aromatic nitrogens is 3. The molecule has 0 aliphatic carbocycles. The molecule has 1 fully saturated rings. The molecule has 128 valence electrons. The van der Waals surface area contributed by atoms with Gasteiger partial charge in [0.2, 0.25) is 0 Å². The topological polar surface area (TPSA) is 72.3 Å². The van der Waals surface area contributed by atoms with Crippen molar-refractivity contribution < 1.29 is 9.53 Å². The summed E-state index contributed by atoms with van der Waals surface area (Å²) in [4.78, 5) is 14.3. The van der Waals surface area contributed by atoms with Crippen LogP contribution >= 0.6 is 0 Å². The molecule has 2 amide bonds. The van der Waals surface area contributed by atoms with Crippen molar-refractivity contribution in [1.29, 1.82) is 0 Å². The summed E-state index contributed by atoms with van der Waals surface area (Å²) in [6, 6.07) is 9.81. The number of aryl methyl sites for hydroxylation is 1. The lowest BCUT2D eigenvalue weighted by Crippen LogP contribution is -2.48. The number of hydrogen-bond donors (Lipinski definition) is 1. The normalized spacial score (nSPS) is 19.1. The lowest BCUT2D eigenvalue weighted by molar-refractivity contribution is -0.0220. The van der Waals surface area contributed by atoms with Crippen LogP contribution in [-0.4, -0.2) is 45.4 Å². The quantitative estimate of drug-likeness (QED) is 0.933. The van der Waals surface area contributed by atoms with E-state index in [1.807, 2.05) is 48.7 Å². The summed E-state index contributed by atoms with van der Waals surface area (Å²) in [6.07, 6.45) is 1.45.